The van der Waals surface area contributed by atoms with Crippen LogP contribution in [0.25, 0.3) is 28.0 Å². The second kappa shape index (κ2) is 5.44. The molecule has 0 aromatic heterocycles. The van der Waals surface area contributed by atoms with Gasteiger partial charge in [0.15, 0.2) is 0 Å². The van der Waals surface area contributed by atoms with Gasteiger partial charge in [0.05, 0.1) is 0 Å². The number of aromatic hydroxyl groups is 1. The first-order chi connectivity index (χ1) is 11.3. The summed E-state index contributed by atoms with van der Waals surface area (Å²) in [4.78, 5) is 0. The molecule has 0 spiro atoms. The quantitative estimate of drug-likeness (QED) is 0.616. The number of benzene rings is 3. The van der Waals surface area contributed by atoms with Crippen LogP contribution in [0.4, 0.5) is 0 Å². The zero-order valence-electron chi connectivity index (χ0n) is 13.1. The van der Waals surface area contributed by atoms with E-state index in [-0.39, 0.29) is 0 Å². The van der Waals surface area contributed by atoms with Crippen LogP contribution in [0.2, 0.25) is 0 Å². The van der Waals surface area contributed by atoms with Crippen molar-refractivity contribution in [3.8, 4) is 16.9 Å². The molecule has 0 saturated heterocycles. The number of phenolic OH excluding ortho intramolecular Hbond substituents is 1. The number of hydrogen-bond donors (Lipinski definition) is 1. The molecule has 0 unspecified atom stereocenters. The van der Waals surface area contributed by atoms with Gasteiger partial charge >= 0.3 is 0 Å². The van der Waals surface area contributed by atoms with E-state index < -0.39 is 0 Å². The number of phenols is 1. The van der Waals surface area contributed by atoms with Gasteiger partial charge in [0, 0.05) is 5.56 Å². The van der Waals surface area contributed by atoms with Gasteiger partial charge in [-0.25, -0.2) is 0 Å². The first-order valence-corrected chi connectivity index (χ1v) is 7.92. The summed E-state index contributed by atoms with van der Waals surface area (Å²) in [6.45, 7) is 2.11. The van der Waals surface area contributed by atoms with Gasteiger partial charge in [0.25, 0.3) is 0 Å². The van der Waals surface area contributed by atoms with Crippen LogP contribution in [0.5, 0.6) is 5.75 Å². The van der Waals surface area contributed by atoms with Crippen molar-refractivity contribution in [3.05, 3.63) is 83.4 Å². The maximum Gasteiger partial charge on any atom is 0.124 e. The molecule has 0 fully saturated rings. The van der Waals surface area contributed by atoms with Gasteiger partial charge in [-0.3, -0.25) is 0 Å². The average molecular weight is 298 g/mol. The molecule has 23 heavy (non-hydrogen) atoms. The maximum absolute atomic E-state index is 10.6. The lowest BCUT2D eigenvalue weighted by molar-refractivity contribution is 0.477. The van der Waals surface area contributed by atoms with Crippen LogP contribution < -0.4 is 0 Å². The Morgan fingerprint density at radius 2 is 1.74 bits per heavy atom. The normalized spacial score (nSPS) is 13.1. The van der Waals surface area contributed by atoms with Crippen LogP contribution in [0.1, 0.15) is 16.7 Å². The summed E-state index contributed by atoms with van der Waals surface area (Å²) in [6.07, 6.45) is 9.26. The van der Waals surface area contributed by atoms with Crippen molar-refractivity contribution in [1.29, 1.82) is 0 Å². The fourth-order valence-corrected chi connectivity index (χ4v) is 3.42. The van der Waals surface area contributed by atoms with E-state index in [0.717, 1.165) is 23.1 Å². The molecular formula is C22H18O. The Hall–Kier alpha value is -2.80. The molecule has 1 nitrogen and oxygen atoms in total. The summed E-state index contributed by atoms with van der Waals surface area (Å²) in [5.74, 6) is 0.342. The lowest BCUT2D eigenvalue weighted by Gasteiger charge is -2.17. The minimum Gasteiger partial charge on any atom is -0.507 e. The van der Waals surface area contributed by atoms with E-state index in [2.05, 4.69) is 67.6 Å². The lowest BCUT2D eigenvalue weighted by Crippen LogP contribution is -1.94. The van der Waals surface area contributed by atoms with Crippen molar-refractivity contribution in [3.63, 3.8) is 0 Å². The molecule has 4 rings (SSSR count). The fraction of sp³-hybridized carbons (Fsp3) is 0.0909. The molecule has 3 aromatic carbocycles. The lowest BCUT2D eigenvalue weighted by atomic mass is 9.88. The van der Waals surface area contributed by atoms with Crippen LogP contribution >= 0.6 is 0 Å². The van der Waals surface area contributed by atoms with Crippen LogP contribution in [-0.4, -0.2) is 5.11 Å². The molecule has 0 saturated carbocycles. The Morgan fingerprint density at radius 1 is 0.870 bits per heavy atom. The van der Waals surface area contributed by atoms with Gasteiger partial charge in [-0.1, -0.05) is 66.8 Å². The SMILES string of the molecule is Cc1ccc2ccccc2c1-c1c(O)ccc2c1C=CC=CC2. The molecule has 112 valence electrons. The number of hydrogen-bond acceptors (Lipinski definition) is 1. The van der Waals surface area contributed by atoms with Gasteiger partial charge < -0.3 is 5.11 Å². The number of aryl methyl sites for hydroxylation is 1. The Morgan fingerprint density at radius 3 is 2.65 bits per heavy atom. The molecule has 0 radical (unpaired) electrons. The predicted octanol–water partition coefficient (Wildman–Crippen LogP) is 5.65. The monoisotopic (exact) mass is 298 g/mol. The number of fused-ring (bicyclic) bond motifs is 2. The minimum absolute atomic E-state index is 0.342. The van der Waals surface area contributed by atoms with Crippen molar-refractivity contribution >= 4 is 16.8 Å². The van der Waals surface area contributed by atoms with Crippen molar-refractivity contribution in [2.45, 2.75) is 13.3 Å². The third kappa shape index (κ3) is 2.25. The summed E-state index contributed by atoms with van der Waals surface area (Å²) >= 11 is 0. The zero-order valence-corrected chi connectivity index (χ0v) is 13.1. The minimum atomic E-state index is 0.342. The Balaban J connectivity index is 2.12. The summed E-state index contributed by atoms with van der Waals surface area (Å²) in [6, 6.07) is 16.5. The average Bonchev–Trinajstić information content (AvgIpc) is 2.81. The van der Waals surface area contributed by atoms with Crippen molar-refractivity contribution < 1.29 is 5.11 Å². The zero-order chi connectivity index (χ0) is 15.8. The summed E-state index contributed by atoms with van der Waals surface area (Å²) < 4.78 is 0. The summed E-state index contributed by atoms with van der Waals surface area (Å²) in [5, 5.41) is 13.0. The highest BCUT2D eigenvalue weighted by atomic mass is 16.3. The molecular weight excluding hydrogens is 280 g/mol. The second-order valence-corrected chi connectivity index (χ2v) is 6.00. The first-order valence-electron chi connectivity index (χ1n) is 7.92. The van der Waals surface area contributed by atoms with E-state index >= 15 is 0 Å². The Labute approximate surface area is 136 Å². The molecule has 0 bridgehead atoms. The standard InChI is InChI=1S/C22H18O/c1-15-11-12-16-8-5-6-10-18(16)21(15)22-19-9-4-2-3-7-17(19)13-14-20(22)23/h2-6,8-14,23H,7H2,1H3. The van der Waals surface area contributed by atoms with E-state index in [0.29, 0.717) is 5.75 Å². The first kappa shape index (κ1) is 13.8. The van der Waals surface area contributed by atoms with Crippen LogP contribution in [0, 0.1) is 6.92 Å². The van der Waals surface area contributed by atoms with E-state index in [1.54, 1.807) is 0 Å². The predicted molar refractivity (Wildman–Crippen MR) is 97.7 cm³/mol. The van der Waals surface area contributed by atoms with Gasteiger partial charge in [0.1, 0.15) is 5.75 Å². The van der Waals surface area contributed by atoms with E-state index in [9.17, 15) is 5.11 Å². The molecule has 0 aliphatic heterocycles. The molecule has 3 aromatic rings. The molecule has 1 heteroatoms. The van der Waals surface area contributed by atoms with E-state index in [1.807, 2.05) is 12.1 Å². The van der Waals surface area contributed by atoms with Gasteiger partial charge in [0.2, 0.25) is 0 Å². The smallest absolute Gasteiger partial charge is 0.124 e. The second-order valence-electron chi connectivity index (χ2n) is 6.00. The van der Waals surface area contributed by atoms with E-state index in [1.165, 1.54) is 21.9 Å². The van der Waals surface area contributed by atoms with Crippen LogP contribution in [0.3, 0.4) is 0 Å². The number of rotatable bonds is 1. The summed E-state index contributed by atoms with van der Waals surface area (Å²) in [5.41, 5.74) is 5.61. The van der Waals surface area contributed by atoms with Crippen molar-refractivity contribution in [2.75, 3.05) is 0 Å². The third-order valence-corrected chi connectivity index (χ3v) is 4.55. The molecule has 1 aliphatic rings. The largest absolute Gasteiger partial charge is 0.507 e. The number of allylic oxidation sites excluding steroid dienone is 3. The highest BCUT2D eigenvalue weighted by Gasteiger charge is 2.17. The fourth-order valence-electron chi connectivity index (χ4n) is 3.42. The van der Waals surface area contributed by atoms with Crippen molar-refractivity contribution in [2.24, 2.45) is 0 Å². The van der Waals surface area contributed by atoms with Gasteiger partial charge in [-0.05, 0) is 52.4 Å². The highest BCUT2D eigenvalue weighted by Crippen LogP contribution is 2.41. The summed E-state index contributed by atoms with van der Waals surface area (Å²) in [7, 11) is 0. The van der Waals surface area contributed by atoms with E-state index in [4.69, 9.17) is 0 Å². The van der Waals surface area contributed by atoms with Crippen LogP contribution in [0.15, 0.2) is 66.8 Å². The molecule has 0 amide bonds. The molecule has 1 aliphatic carbocycles. The van der Waals surface area contributed by atoms with Crippen LogP contribution in [-0.2, 0) is 6.42 Å². The third-order valence-electron chi connectivity index (χ3n) is 4.55. The maximum atomic E-state index is 10.6. The topological polar surface area (TPSA) is 20.2 Å². The molecule has 0 heterocycles. The van der Waals surface area contributed by atoms with Gasteiger partial charge in [-0.2, -0.15) is 0 Å². The van der Waals surface area contributed by atoms with Crippen molar-refractivity contribution in [1.82, 2.24) is 0 Å². The Bertz CT molecular complexity index is 961. The van der Waals surface area contributed by atoms with Gasteiger partial charge in [-0.15, -0.1) is 0 Å². The molecule has 1 N–H and O–H groups in total. The molecule has 0 atom stereocenters. The highest BCUT2D eigenvalue weighted by molar-refractivity contribution is 6.02. The Kier molecular flexibility index (Phi) is 3.27.